The van der Waals surface area contributed by atoms with Gasteiger partial charge in [0.25, 0.3) is 15.9 Å². The van der Waals surface area contributed by atoms with Gasteiger partial charge in [-0.2, -0.15) is 4.31 Å². The topological polar surface area (TPSA) is 83.6 Å². The van der Waals surface area contributed by atoms with Crippen molar-refractivity contribution in [2.75, 3.05) is 0 Å². The third kappa shape index (κ3) is 2.51. The van der Waals surface area contributed by atoms with Gasteiger partial charge in [-0.3, -0.25) is 10.1 Å². The van der Waals surface area contributed by atoms with Crippen molar-refractivity contribution in [3.63, 3.8) is 0 Å². The van der Waals surface area contributed by atoms with E-state index in [1.807, 2.05) is 0 Å². The molecule has 28 heavy (non-hydrogen) atoms. The molecule has 1 saturated heterocycles. The highest BCUT2D eigenvalue weighted by atomic mass is 32.2. The summed E-state index contributed by atoms with van der Waals surface area (Å²) in [6.45, 7) is 0. The van der Waals surface area contributed by atoms with Gasteiger partial charge in [-0.05, 0) is 23.3 Å². The summed E-state index contributed by atoms with van der Waals surface area (Å²) in [5.41, 5.74) is -1.08. The number of hydrogen-bond donors (Lipinski definition) is 1. The summed E-state index contributed by atoms with van der Waals surface area (Å²) in [6, 6.07) is 23.5. The molecule has 140 valence electrons. The van der Waals surface area contributed by atoms with E-state index in [9.17, 15) is 18.0 Å². The van der Waals surface area contributed by atoms with Crippen LogP contribution in [0.15, 0.2) is 95.9 Å². The van der Waals surface area contributed by atoms with E-state index in [1.54, 1.807) is 78.9 Å². The summed E-state index contributed by atoms with van der Waals surface area (Å²) >= 11 is 0. The Kier molecular flexibility index (Phi) is 4.24. The predicted octanol–water partition coefficient (Wildman–Crippen LogP) is 2.87. The van der Waals surface area contributed by atoms with Crippen LogP contribution >= 0.6 is 0 Å². The minimum absolute atomic E-state index is 0.0731. The van der Waals surface area contributed by atoms with Gasteiger partial charge < -0.3 is 0 Å². The van der Waals surface area contributed by atoms with E-state index in [-0.39, 0.29) is 4.90 Å². The number of amides is 3. The minimum Gasteiger partial charge on any atom is -0.274 e. The highest BCUT2D eigenvalue weighted by molar-refractivity contribution is 7.89. The van der Waals surface area contributed by atoms with E-state index in [0.29, 0.717) is 15.4 Å². The average Bonchev–Trinajstić information content (AvgIpc) is 3.01. The van der Waals surface area contributed by atoms with Crippen molar-refractivity contribution in [3.05, 3.63) is 102 Å². The first kappa shape index (κ1) is 17.9. The molecule has 3 amide bonds. The normalized spacial score (nSPS) is 16.1. The number of imide groups is 1. The van der Waals surface area contributed by atoms with Crippen molar-refractivity contribution in [2.45, 2.75) is 10.4 Å². The lowest BCUT2D eigenvalue weighted by atomic mass is 9.83. The number of urea groups is 1. The zero-order valence-electron chi connectivity index (χ0n) is 14.6. The van der Waals surface area contributed by atoms with Crippen LogP contribution in [0.5, 0.6) is 0 Å². The van der Waals surface area contributed by atoms with Crippen LogP contribution in [-0.4, -0.2) is 24.7 Å². The summed E-state index contributed by atoms with van der Waals surface area (Å²) in [4.78, 5) is 25.9. The molecule has 1 heterocycles. The zero-order valence-corrected chi connectivity index (χ0v) is 15.5. The molecule has 0 aliphatic carbocycles. The molecular weight excluding hydrogens is 376 g/mol. The number of benzene rings is 3. The molecule has 0 saturated carbocycles. The first-order valence-corrected chi connectivity index (χ1v) is 10.00. The van der Waals surface area contributed by atoms with E-state index in [1.165, 1.54) is 12.1 Å². The van der Waals surface area contributed by atoms with Crippen LogP contribution in [-0.2, 0) is 20.4 Å². The maximum atomic E-state index is 13.5. The van der Waals surface area contributed by atoms with Crippen molar-refractivity contribution in [1.29, 1.82) is 0 Å². The molecule has 1 N–H and O–H groups in total. The summed E-state index contributed by atoms with van der Waals surface area (Å²) < 4.78 is 27.6. The quantitative estimate of drug-likeness (QED) is 0.692. The molecular formula is C21H16N2O4S. The number of nitrogens with zero attached hydrogens (tertiary/aromatic N) is 1. The fraction of sp³-hybridized carbons (Fsp3) is 0.0476. The van der Waals surface area contributed by atoms with Crippen molar-refractivity contribution >= 4 is 22.0 Å². The molecule has 7 heteroatoms. The summed E-state index contributed by atoms with van der Waals surface area (Å²) in [7, 11) is -4.32. The van der Waals surface area contributed by atoms with Gasteiger partial charge in [0.1, 0.15) is 0 Å². The largest absolute Gasteiger partial charge is 0.339 e. The third-order valence-corrected chi connectivity index (χ3v) is 6.49. The van der Waals surface area contributed by atoms with Gasteiger partial charge >= 0.3 is 6.03 Å². The van der Waals surface area contributed by atoms with Gasteiger partial charge in [0.2, 0.25) is 0 Å². The zero-order chi connectivity index (χ0) is 19.8. The molecule has 6 nitrogen and oxygen atoms in total. The molecule has 0 aromatic heterocycles. The number of carbonyl (C=O) groups is 2. The van der Waals surface area contributed by atoms with Gasteiger partial charge in [0, 0.05) is 0 Å². The molecule has 0 bridgehead atoms. The van der Waals surface area contributed by atoms with Crippen molar-refractivity contribution in [2.24, 2.45) is 0 Å². The van der Waals surface area contributed by atoms with Crippen LogP contribution in [0.4, 0.5) is 4.79 Å². The van der Waals surface area contributed by atoms with Gasteiger partial charge in [-0.15, -0.1) is 0 Å². The fourth-order valence-electron chi connectivity index (χ4n) is 3.49. The lowest BCUT2D eigenvalue weighted by Gasteiger charge is -2.35. The summed E-state index contributed by atoms with van der Waals surface area (Å²) in [6.07, 6.45) is 0. The monoisotopic (exact) mass is 392 g/mol. The van der Waals surface area contributed by atoms with E-state index in [0.717, 1.165) is 0 Å². The standard InChI is InChI=1S/C21H16N2O4S/c24-19-21(16-10-4-1-5-11-16,17-12-6-2-7-13-17)23(20(25)22-19)28(26,27)18-14-8-3-9-15-18/h1-15H,(H,22,24,25). The molecule has 1 aliphatic rings. The van der Waals surface area contributed by atoms with Gasteiger partial charge in [-0.25, -0.2) is 13.2 Å². The highest BCUT2D eigenvalue weighted by Crippen LogP contribution is 2.43. The molecule has 0 radical (unpaired) electrons. The Morgan fingerprint density at radius 3 is 1.57 bits per heavy atom. The third-order valence-electron chi connectivity index (χ3n) is 4.70. The second kappa shape index (κ2) is 6.61. The van der Waals surface area contributed by atoms with Crippen LogP contribution in [0.2, 0.25) is 0 Å². The SMILES string of the molecule is O=C1NC(=O)C(c2ccccc2)(c2ccccc2)N1S(=O)(=O)c1ccccc1. The minimum atomic E-state index is -4.32. The number of rotatable bonds is 4. The predicted molar refractivity (Wildman–Crippen MR) is 103 cm³/mol. The molecule has 0 unspecified atom stereocenters. The number of nitrogens with one attached hydrogen (secondary N) is 1. The second-order valence-corrected chi connectivity index (χ2v) is 8.07. The Morgan fingerprint density at radius 1 is 0.679 bits per heavy atom. The van der Waals surface area contributed by atoms with E-state index in [2.05, 4.69) is 5.32 Å². The maximum Gasteiger partial charge on any atom is 0.339 e. The molecule has 4 rings (SSSR count). The first-order chi connectivity index (χ1) is 13.5. The molecule has 0 spiro atoms. The lowest BCUT2D eigenvalue weighted by Crippen LogP contribution is -2.50. The Balaban J connectivity index is 2.06. The van der Waals surface area contributed by atoms with Crippen molar-refractivity contribution in [1.82, 2.24) is 9.62 Å². The molecule has 3 aromatic carbocycles. The van der Waals surface area contributed by atoms with Crippen LogP contribution in [0.3, 0.4) is 0 Å². The molecule has 1 fully saturated rings. The highest BCUT2D eigenvalue weighted by Gasteiger charge is 2.60. The van der Waals surface area contributed by atoms with E-state index >= 15 is 0 Å². The smallest absolute Gasteiger partial charge is 0.274 e. The van der Waals surface area contributed by atoms with Crippen LogP contribution in [0.25, 0.3) is 0 Å². The summed E-state index contributed by atoms with van der Waals surface area (Å²) in [5.74, 6) is -0.714. The van der Waals surface area contributed by atoms with Gasteiger partial charge in [0.05, 0.1) is 4.90 Å². The molecule has 1 aliphatic heterocycles. The van der Waals surface area contributed by atoms with Gasteiger partial charge in [-0.1, -0.05) is 78.9 Å². The first-order valence-electron chi connectivity index (χ1n) is 8.56. The Morgan fingerprint density at radius 2 is 1.11 bits per heavy atom. The molecule has 3 aromatic rings. The Hall–Kier alpha value is -3.45. The number of hydrogen-bond acceptors (Lipinski definition) is 4. The average molecular weight is 392 g/mol. The maximum absolute atomic E-state index is 13.5. The molecule has 0 atom stereocenters. The van der Waals surface area contributed by atoms with E-state index < -0.39 is 27.5 Å². The van der Waals surface area contributed by atoms with Crippen LogP contribution in [0.1, 0.15) is 11.1 Å². The fourth-order valence-corrected chi connectivity index (χ4v) is 5.12. The Bertz CT molecular complexity index is 1090. The second-order valence-electron chi connectivity index (χ2n) is 6.28. The number of sulfonamides is 1. The number of carbonyl (C=O) groups excluding carboxylic acids is 2. The summed E-state index contributed by atoms with van der Waals surface area (Å²) in [5, 5.41) is 2.20. The van der Waals surface area contributed by atoms with Crippen molar-refractivity contribution < 1.29 is 18.0 Å². The Labute approximate surface area is 162 Å². The lowest BCUT2D eigenvalue weighted by molar-refractivity contribution is -0.124. The van der Waals surface area contributed by atoms with Crippen LogP contribution < -0.4 is 5.32 Å². The van der Waals surface area contributed by atoms with Crippen LogP contribution in [0, 0.1) is 0 Å². The van der Waals surface area contributed by atoms with E-state index in [4.69, 9.17) is 0 Å². The van der Waals surface area contributed by atoms with Gasteiger partial charge in [0.15, 0.2) is 5.54 Å². The van der Waals surface area contributed by atoms with Crippen molar-refractivity contribution in [3.8, 4) is 0 Å².